The molecule has 0 saturated heterocycles. The summed E-state index contributed by atoms with van der Waals surface area (Å²) in [6.07, 6.45) is 1.10. The average Bonchev–Trinajstić information content (AvgIpc) is 3.05. The number of aliphatic hydroxyl groups is 1. The van der Waals surface area contributed by atoms with Gasteiger partial charge in [0.25, 0.3) is 11.1 Å². The van der Waals surface area contributed by atoms with Gasteiger partial charge in [0.2, 0.25) is 0 Å². The Balaban J connectivity index is 1.89. The summed E-state index contributed by atoms with van der Waals surface area (Å²) in [5.74, 6) is -0.165. The molecule has 26 heavy (non-hydrogen) atoms. The van der Waals surface area contributed by atoms with Gasteiger partial charge >= 0.3 is 5.69 Å². The summed E-state index contributed by atoms with van der Waals surface area (Å²) in [6.45, 7) is 0. The molecule has 1 aromatic carbocycles. The van der Waals surface area contributed by atoms with Crippen LogP contribution in [0.15, 0.2) is 49.1 Å². The van der Waals surface area contributed by atoms with Gasteiger partial charge in [-0.1, -0.05) is 18.2 Å². The molecule has 3 aromatic heterocycles. The largest absolute Gasteiger partial charge is 0.504 e. The molecule has 0 radical (unpaired) electrons. The second kappa shape index (κ2) is 5.59. The van der Waals surface area contributed by atoms with Crippen molar-refractivity contribution in [2.75, 3.05) is 0 Å². The van der Waals surface area contributed by atoms with E-state index in [1.54, 1.807) is 18.2 Å². The molecule has 130 valence electrons. The van der Waals surface area contributed by atoms with Gasteiger partial charge in [0.1, 0.15) is 16.9 Å². The molecule has 0 fully saturated rings. The summed E-state index contributed by atoms with van der Waals surface area (Å²) in [7, 11) is 1.39. The highest BCUT2D eigenvalue weighted by molar-refractivity contribution is 5.84. The molecule has 0 amide bonds. The normalized spacial score (nSPS) is 12.1. The summed E-state index contributed by atoms with van der Waals surface area (Å²) in [5.41, 5.74) is -1.83. The van der Waals surface area contributed by atoms with Gasteiger partial charge < -0.3 is 14.5 Å². The highest BCUT2D eigenvalue weighted by Gasteiger charge is 2.13. The van der Waals surface area contributed by atoms with E-state index in [0.717, 1.165) is 16.0 Å². The van der Waals surface area contributed by atoms with Crippen LogP contribution in [0, 0.1) is 0 Å². The first kappa shape index (κ1) is 15.6. The molecular formula is C17H12N4O5. The lowest BCUT2D eigenvalue weighted by Crippen LogP contribution is -2.31. The van der Waals surface area contributed by atoms with E-state index in [1.165, 1.54) is 7.05 Å². The van der Waals surface area contributed by atoms with Gasteiger partial charge in [0.15, 0.2) is 17.0 Å². The molecule has 0 bridgehead atoms. The first-order chi connectivity index (χ1) is 12.4. The summed E-state index contributed by atoms with van der Waals surface area (Å²) >= 11 is 0. The fourth-order valence-electron chi connectivity index (χ4n) is 2.60. The van der Waals surface area contributed by atoms with Crippen molar-refractivity contribution in [3.63, 3.8) is 0 Å². The molecule has 0 spiro atoms. The standard InChI is InChI=1S/C17H12N4O5/c1-21-14-13(16(24)20-17(21)25)18-9(15(23)19-14)7-10(22)12-6-8-4-2-3-5-11(8)26-12/h2-7,22H,1H3,(H,19,23)(H,20,24,25)/b10-7-. The van der Waals surface area contributed by atoms with Crippen molar-refractivity contribution in [3.05, 3.63) is 73.0 Å². The molecule has 0 atom stereocenters. The van der Waals surface area contributed by atoms with Gasteiger partial charge in [0.05, 0.1) is 0 Å². The Labute approximate surface area is 143 Å². The number of aryl methyl sites for hydroxylation is 1. The molecule has 0 aliphatic rings. The molecule has 0 unspecified atom stereocenters. The van der Waals surface area contributed by atoms with E-state index in [1.807, 2.05) is 12.1 Å². The molecule has 0 aliphatic heterocycles. The molecule has 9 heteroatoms. The maximum Gasteiger partial charge on any atom is 0.329 e. The predicted molar refractivity (Wildman–Crippen MR) is 94.9 cm³/mol. The zero-order valence-electron chi connectivity index (χ0n) is 13.4. The van der Waals surface area contributed by atoms with Crippen molar-refractivity contribution in [1.29, 1.82) is 0 Å². The molecule has 0 saturated carbocycles. The quantitative estimate of drug-likeness (QED) is 0.463. The van der Waals surface area contributed by atoms with Crippen LogP contribution in [0.4, 0.5) is 0 Å². The smallest absolute Gasteiger partial charge is 0.329 e. The van der Waals surface area contributed by atoms with Crippen molar-refractivity contribution in [1.82, 2.24) is 19.5 Å². The Kier molecular flexibility index (Phi) is 3.36. The number of aromatic amines is 2. The summed E-state index contributed by atoms with van der Waals surface area (Å²) in [4.78, 5) is 44.2. The number of hydrogen-bond acceptors (Lipinski definition) is 6. The number of furan rings is 1. The Morgan fingerprint density at radius 1 is 1.19 bits per heavy atom. The van der Waals surface area contributed by atoms with Gasteiger partial charge in [-0.05, 0) is 12.1 Å². The van der Waals surface area contributed by atoms with Gasteiger partial charge in [-0.15, -0.1) is 0 Å². The van der Waals surface area contributed by atoms with Crippen molar-refractivity contribution >= 4 is 34.0 Å². The first-order valence-corrected chi connectivity index (χ1v) is 7.57. The molecule has 4 rings (SSSR count). The summed E-state index contributed by atoms with van der Waals surface area (Å²) < 4.78 is 6.58. The number of nitrogens with zero attached hydrogens (tertiary/aromatic N) is 2. The third kappa shape index (κ3) is 2.42. The Hall–Kier alpha value is -3.88. The van der Waals surface area contributed by atoms with Gasteiger partial charge in [-0.2, -0.15) is 0 Å². The van der Waals surface area contributed by atoms with E-state index in [0.29, 0.717) is 5.58 Å². The van der Waals surface area contributed by atoms with Crippen molar-refractivity contribution in [2.24, 2.45) is 7.05 Å². The van der Waals surface area contributed by atoms with E-state index in [9.17, 15) is 19.5 Å². The third-order valence-corrected chi connectivity index (χ3v) is 3.95. The number of hydrogen-bond donors (Lipinski definition) is 3. The highest BCUT2D eigenvalue weighted by Crippen LogP contribution is 2.23. The molecule has 4 aromatic rings. The molecule has 3 heterocycles. The fourth-order valence-corrected chi connectivity index (χ4v) is 2.60. The van der Waals surface area contributed by atoms with Crippen LogP contribution in [0.2, 0.25) is 0 Å². The number of fused-ring (bicyclic) bond motifs is 2. The van der Waals surface area contributed by atoms with Gasteiger partial charge in [-0.25, -0.2) is 9.78 Å². The monoisotopic (exact) mass is 352 g/mol. The van der Waals surface area contributed by atoms with Crippen LogP contribution in [-0.2, 0) is 7.05 Å². The summed E-state index contributed by atoms with van der Waals surface area (Å²) in [5, 5.41) is 11.1. The topological polar surface area (TPSA) is 134 Å². The van der Waals surface area contributed by atoms with Crippen LogP contribution >= 0.6 is 0 Å². The minimum Gasteiger partial charge on any atom is -0.504 e. The molecule has 9 nitrogen and oxygen atoms in total. The maximum absolute atomic E-state index is 12.2. The number of benzene rings is 1. The Bertz CT molecular complexity index is 1340. The first-order valence-electron chi connectivity index (χ1n) is 7.57. The highest BCUT2D eigenvalue weighted by atomic mass is 16.4. The molecule has 0 aliphatic carbocycles. The molecular weight excluding hydrogens is 340 g/mol. The predicted octanol–water partition coefficient (Wildman–Crippen LogP) is 1.11. The van der Waals surface area contributed by atoms with Crippen molar-refractivity contribution in [2.45, 2.75) is 0 Å². The van der Waals surface area contributed by atoms with Crippen molar-refractivity contribution in [3.8, 4) is 0 Å². The van der Waals surface area contributed by atoms with E-state index in [-0.39, 0.29) is 28.4 Å². The van der Waals surface area contributed by atoms with Gasteiger partial charge in [0, 0.05) is 18.5 Å². The number of nitrogens with one attached hydrogen (secondary N) is 2. The van der Waals surface area contributed by atoms with E-state index >= 15 is 0 Å². The third-order valence-electron chi connectivity index (χ3n) is 3.95. The lowest BCUT2D eigenvalue weighted by Gasteiger charge is -2.03. The number of para-hydroxylation sites is 1. The lowest BCUT2D eigenvalue weighted by atomic mass is 10.2. The lowest BCUT2D eigenvalue weighted by molar-refractivity contribution is 0.474. The summed E-state index contributed by atoms with van der Waals surface area (Å²) in [6, 6.07) is 8.80. The van der Waals surface area contributed by atoms with E-state index in [4.69, 9.17) is 4.42 Å². The van der Waals surface area contributed by atoms with E-state index < -0.39 is 16.8 Å². The average molecular weight is 352 g/mol. The van der Waals surface area contributed by atoms with Crippen LogP contribution < -0.4 is 16.8 Å². The minimum atomic E-state index is -0.739. The van der Waals surface area contributed by atoms with Crippen LogP contribution in [0.25, 0.3) is 34.0 Å². The van der Waals surface area contributed by atoms with Crippen LogP contribution in [-0.4, -0.2) is 24.6 Å². The Morgan fingerprint density at radius 2 is 1.96 bits per heavy atom. The second-order valence-corrected chi connectivity index (χ2v) is 5.64. The minimum absolute atomic E-state index is 0.0101. The SMILES string of the molecule is Cn1c(=O)[nH]c(=O)c2nc(/C=C(\O)c3cc4ccccc4o3)c(=O)[nH]c21. The van der Waals surface area contributed by atoms with Gasteiger partial charge in [-0.3, -0.25) is 19.1 Å². The Morgan fingerprint density at radius 3 is 2.73 bits per heavy atom. The van der Waals surface area contributed by atoms with Crippen LogP contribution in [0.3, 0.4) is 0 Å². The fraction of sp³-hybridized carbons (Fsp3) is 0.0588. The maximum atomic E-state index is 12.2. The second-order valence-electron chi connectivity index (χ2n) is 5.64. The van der Waals surface area contributed by atoms with Crippen LogP contribution in [0.5, 0.6) is 0 Å². The number of aliphatic hydroxyl groups excluding tert-OH is 1. The molecule has 3 N–H and O–H groups in total. The number of aromatic nitrogens is 4. The van der Waals surface area contributed by atoms with Crippen LogP contribution in [0.1, 0.15) is 11.5 Å². The zero-order chi connectivity index (χ0) is 18.4. The number of rotatable bonds is 2. The number of H-pyrrole nitrogens is 2. The van der Waals surface area contributed by atoms with Crippen molar-refractivity contribution < 1.29 is 9.52 Å². The van der Waals surface area contributed by atoms with E-state index in [2.05, 4.69) is 15.0 Å². The zero-order valence-corrected chi connectivity index (χ0v) is 13.4.